The molecule has 20 heavy (non-hydrogen) atoms. The molecule has 0 aliphatic carbocycles. The summed E-state index contributed by atoms with van der Waals surface area (Å²) in [6.45, 7) is 8.67. The number of hydrogen-bond donors (Lipinski definition) is 1. The number of nitrogens with zero attached hydrogens (tertiary/aromatic N) is 2. The lowest BCUT2D eigenvalue weighted by atomic mass is 10.1. The quantitative estimate of drug-likeness (QED) is 0.933. The largest absolute Gasteiger partial charge is 0.347 e. The van der Waals surface area contributed by atoms with Crippen LogP contribution in [-0.2, 0) is 6.54 Å². The number of carbonyl (C=O) groups is 1. The molecular weight excluding hydrogens is 250 g/mol. The Morgan fingerprint density at radius 1 is 1.25 bits per heavy atom. The highest BCUT2D eigenvalue weighted by Crippen LogP contribution is 2.09. The van der Waals surface area contributed by atoms with Gasteiger partial charge in [0.25, 0.3) is 5.91 Å². The maximum Gasteiger partial charge on any atom is 0.251 e. The minimum absolute atomic E-state index is 0.0390. The number of rotatable bonds is 3. The summed E-state index contributed by atoms with van der Waals surface area (Å²) in [6.07, 6.45) is 3.75. The summed E-state index contributed by atoms with van der Waals surface area (Å²) in [5, 5.41) is 2.96. The molecule has 0 aliphatic heterocycles. The van der Waals surface area contributed by atoms with Gasteiger partial charge in [-0.2, -0.15) is 0 Å². The fraction of sp³-hybridized carbons (Fsp3) is 0.375. The molecule has 1 aromatic heterocycles. The van der Waals surface area contributed by atoms with Gasteiger partial charge >= 0.3 is 0 Å². The van der Waals surface area contributed by atoms with Crippen LogP contribution in [0.1, 0.15) is 42.5 Å². The van der Waals surface area contributed by atoms with Gasteiger partial charge < -0.3 is 9.88 Å². The SMILES string of the molecule is Cc1nccn1Cc1ccc(C(=O)NC(C)(C)C)cc1. The minimum Gasteiger partial charge on any atom is -0.347 e. The standard InChI is InChI=1S/C16H21N3O/c1-12-17-9-10-19(12)11-13-5-7-14(8-6-13)15(20)18-16(2,3)4/h5-10H,11H2,1-4H3,(H,18,20). The van der Waals surface area contributed by atoms with Crippen molar-refractivity contribution < 1.29 is 4.79 Å². The topological polar surface area (TPSA) is 46.9 Å². The average molecular weight is 271 g/mol. The summed E-state index contributed by atoms with van der Waals surface area (Å²) in [5.74, 6) is 0.947. The van der Waals surface area contributed by atoms with Crippen LogP contribution in [0.25, 0.3) is 0 Å². The zero-order chi connectivity index (χ0) is 14.8. The predicted molar refractivity (Wildman–Crippen MR) is 79.7 cm³/mol. The molecular formula is C16H21N3O. The molecule has 0 spiro atoms. The molecule has 2 rings (SSSR count). The molecule has 0 atom stereocenters. The van der Waals surface area contributed by atoms with Crippen molar-refractivity contribution in [2.24, 2.45) is 0 Å². The highest BCUT2D eigenvalue weighted by atomic mass is 16.1. The molecule has 106 valence electrons. The minimum atomic E-state index is -0.219. The maximum absolute atomic E-state index is 12.0. The molecule has 4 heteroatoms. The van der Waals surface area contributed by atoms with E-state index in [1.165, 1.54) is 0 Å². The number of nitrogens with one attached hydrogen (secondary N) is 1. The molecule has 0 aliphatic rings. The molecule has 0 saturated carbocycles. The number of benzene rings is 1. The van der Waals surface area contributed by atoms with E-state index < -0.39 is 0 Å². The molecule has 1 aromatic carbocycles. The summed E-state index contributed by atoms with van der Waals surface area (Å²) in [7, 11) is 0. The molecule has 0 unspecified atom stereocenters. The van der Waals surface area contributed by atoms with Crippen molar-refractivity contribution in [3.05, 3.63) is 53.6 Å². The van der Waals surface area contributed by atoms with Crippen LogP contribution in [0.4, 0.5) is 0 Å². The number of carbonyl (C=O) groups excluding carboxylic acids is 1. The smallest absolute Gasteiger partial charge is 0.251 e. The van der Waals surface area contributed by atoms with Gasteiger partial charge in [-0.1, -0.05) is 12.1 Å². The van der Waals surface area contributed by atoms with Gasteiger partial charge in [-0.3, -0.25) is 4.79 Å². The first-order chi connectivity index (χ1) is 9.35. The van der Waals surface area contributed by atoms with Crippen molar-refractivity contribution in [1.82, 2.24) is 14.9 Å². The predicted octanol–water partition coefficient (Wildman–Crippen LogP) is 2.77. The van der Waals surface area contributed by atoms with Crippen molar-refractivity contribution in [2.75, 3.05) is 0 Å². The van der Waals surface area contributed by atoms with Crippen molar-refractivity contribution in [1.29, 1.82) is 0 Å². The second-order valence-corrected chi connectivity index (χ2v) is 6.00. The molecule has 0 fully saturated rings. The van der Waals surface area contributed by atoms with E-state index in [9.17, 15) is 4.79 Å². The molecule has 2 aromatic rings. The van der Waals surface area contributed by atoms with Crippen molar-refractivity contribution in [3.8, 4) is 0 Å². The Morgan fingerprint density at radius 3 is 2.40 bits per heavy atom. The summed E-state index contributed by atoms with van der Waals surface area (Å²) < 4.78 is 2.07. The van der Waals surface area contributed by atoms with Gasteiger partial charge in [-0.15, -0.1) is 0 Å². The third-order valence-corrected chi connectivity index (χ3v) is 2.98. The van der Waals surface area contributed by atoms with Crippen LogP contribution < -0.4 is 5.32 Å². The van der Waals surface area contributed by atoms with Gasteiger partial charge in [0.05, 0.1) is 0 Å². The summed E-state index contributed by atoms with van der Waals surface area (Å²) >= 11 is 0. The fourth-order valence-corrected chi connectivity index (χ4v) is 1.94. The average Bonchev–Trinajstić information content (AvgIpc) is 2.74. The van der Waals surface area contributed by atoms with E-state index in [4.69, 9.17) is 0 Å². The van der Waals surface area contributed by atoms with E-state index in [0.29, 0.717) is 5.56 Å². The molecule has 1 amide bonds. The second kappa shape index (κ2) is 5.49. The Labute approximate surface area is 119 Å². The first-order valence-electron chi connectivity index (χ1n) is 6.74. The fourth-order valence-electron chi connectivity index (χ4n) is 1.94. The second-order valence-electron chi connectivity index (χ2n) is 6.00. The third kappa shape index (κ3) is 3.70. The Morgan fingerprint density at radius 2 is 1.90 bits per heavy atom. The Balaban J connectivity index is 2.07. The molecule has 0 bridgehead atoms. The normalized spacial score (nSPS) is 11.4. The zero-order valence-electron chi connectivity index (χ0n) is 12.5. The van der Waals surface area contributed by atoms with E-state index in [2.05, 4.69) is 14.9 Å². The van der Waals surface area contributed by atoms with Gasteiger partial charge in [0.2, 0.25) is 0 Å². The maximum atomic E-state index is 12.0. The monoisotopic (exact) mass is 271 g/mol. The van der Waals surface area contributed by atoms with Gasteiger partial charge in [0.1, 0.15) is 5.82 Å². The Kier molecular flexibility index (Phi) is 3.93. The molecule has 1 heterocycles. The Bertz CT molecular complexity index is 591. The van der Waals surface area contributed by atoms with Crippen LogP contribution in [0, 0.1) is 6.92 Å². The van der Waals surface area contributed by atoms with Crippen LogP contribution in [-0.4, -0.2) is 21.0 Å². The first-order valence-corrected chi connectivity index (χ1v) is 6.74. The van der Waals surface area contributed by atoms with Gasteiger partial charge in [-0.25, -0.2) is 4.98 Å². The molecule has 4 nitrogen and oxygen atoms in total. The van der Waals surface area contributed by atoms with E-state index in [1.54, 1.807) is 6.20 Å². The van der Waals surface area contributed by atoms with Crippen LogP contribution in [0.3, 0.4) is 0 Å². The summed E-state index contributed by atoms with van der Waals surface area (Å²) in [6, 6.07) is 7.69. The highest BCUT2D eigenvalue weighted by molar-refractivity contribution is 5.94. The van der Waals surface area contributed by atoms with Gasteiger partial charge in [0.15, 0.2) is 0 Å². The Hall–Kier alpha value is -2.10. The van der Waals surface area contributed by atoms with Crippen molar-refractivity contribution >= 4 is 5.91 Å². The number of amides is 1. The molecule has 0 radical (unpaired) electrons. The summed E-state index contributed by atoms with van der Waals surface area (Å²) in [5.41, 5.74) is 1.62. The highest BCUT2D eigenvalue weighted by Gasteiger charge is 2.14. The number of hydrogen-bond acceptors (Lipinski definition) is 2. The third-order valence-electron chi connectivity index (χ3n) is 2.98. The number of aromatic nitrogens is 2. The van der Waals surface area contributed by atoms with Gasteiger partial charge in [-0.05, 0) is 45.4 Å². The van der Waals surface area contributed by atoms with Gasteiger partial charge in [0, 0.05) is 30.0 Å². The van der Waals surface area contributed by atoms with Crippen molar-refractivity contribution in [3.63, 3.8) is 0 Å². The van der Waals surface area contributed by atoms with Crippen molar-refractivity contribution in [2.45, 2.75) is 39.8 Å². The lowest BCUT2D eigenvalue weighted by Crippen LogP contribution is -2.40. The molecule has 1 N–H and O–H groups in total. The van der Waals surface area contributed by atoms with Crippen LogP contribution >= 0.6 is 0 Å². The van der Waals surface area contributed by atoms with E-state index in [-0.39, 0.29) is 11.4 Å². The van der Waals surface area contributed by atoms with E-state index in [0.717, 1.165) is 17.9 Å². The number of aryl methyl sites for hydroxylation is 1. The lowest BCUT2D eigenvalue weighted by Gasteiger charge is -2.20. The summed E-state index contributed by atoms with van der Waals surface area (Å²) in [4.78, 5) is 16.2. The van der Waals surface area contributed by atoms with Crippen LogP contribution in [0.2, 0.25) is 0 Å². The van der Waals surface area contributed by atoms with E-state index >= 15 is 0 Å². The van der Waals surface area contributed by atoms with E-state index in [1.807, 2.05) is 58.2 Å². The lowest BCUT2D eigenvalue weighted by molar-refractivity contribution is 0.0919. The van der Waals surface area contributed by atoms with Crippen LogP contribution in [0.15, 0.2) is 36.7 Å². The molecule has 0 saturated heterocycles. The zero-order valence-corrected chi connectivity index (χ0v) is 12.5. The van der Waals surface area contributed by atoms with Crippen LogP contribution in [0.5, 0.6) is 0 Å². The first kappa shape index (κ1) is 14.3. The number of imidazole rings is 1.